The number of sulfonamides is 1. The Morgan fingerprint density at radius 2 is 1.79 bits per heavy atom. The van der Waals surface area contributed by atoms with Gasteiger partial charge in [-0.05, 0) is 37.1 Å². The van der Waals surface area contributed by atoms with Gasteiger partial charge in [-0.1, -0.05) is 13.3 Å². The van der Waals surface area contributed by atoms with Crippen LogP contribution in [0.2, 0.25) is 0 Å². The molecule has 108 valence electrons. The van der Waals surface area contributed by atoms with Crippen LogP contribution in [0.5, 0.6) is 0 Å². The van der Waals surface area contributed by atoms with E-state index in [0.29, 0.717) is 0 Å². The highest BCUT2D eigenvalue weighted by atomic mass is 32.2. The zero-order valence-electron chi connectivity index (χ0n) is 11.3. The zero-order valence-corrected chi connectivity index (χ0v) is 12.1. The maximum atomic E-state index is 11.1. The van der Waals surface area contributed by atoms with Crippen molar-refractivity contribution in [3.63, 3.8) is 0 Å². The maximum Gasteiger partial charge on any atom is 0.238 e. The highest BCUT2D eigenvalue weighted by Gasteiger charge is 2.06. The summed E-state index contributed by atoms with van der Waals surface area (Å²) in [6.07, 6.45) is 3.16. The fourth-order valence-electron chi connectivity index (χ4n) is 1.52. The fraction of sp³-hybridized carbons (Fsp3) is 0.538. The Bertz CT molecular complexity index is 457. The molecular weight excluding hydrogens is 264 g/mol. The van der Waals surface area contributed by atoms with E-state index in [0.717, 1.165) is 44.7 Å². The Hall–Kier alpha value is -1.11. The van der Waals surface area contributed by atoms with E-state index in [1.54, 1.807) is 12.1 Å². The molecule has 0 atom stereocenters. The van der Waals surface area contributed by atoms with Crippen molar-refractivity contribution in [2.45, 2.75) is 31.1 Å². The van der Waals surface area contributed by atoms with Crippen molar-refractivity contribution in [1.82, 2.24) is 0 Å². The molecule has 0 bridgehead atoms. The van der Waals surface area contributed by atoms with Gasteiger partial charge in [0, 0.05) is 25.4 Å². The number of rotatable bonds is 9. The van der Waals surface area contributed by atoms with Crippen LogP contribution in [0.3, 0.4) is 0 Å². The van der Waals surface area contributed by atoms with Crippen LogP contribution < -0.4 is 10.5 Å². The van der Waals surface area contributed by atoms with Crippen LogP contribution in [-0.4, -0.2) is 28.2 Å². The van der Waals surface area contributed by atoms with Crippen LogP contribution >= 0.6 is 0 Å². The molecule has 0 fully saturated rings. The standard InChI is InChI=1S/C13H22N2O3S/c1-2-3-10-18-11-4-9-15-12-5-7-13(8-6-12)19(14,16)17/h5-8,15H,2-4,9-11H2,1H3,(H2,14,16,17). The summed E-state index contributed by atoms with van der Waals surface area (Å²) in [7, 11) is -3.61. The van der Waals surface area contributed by atoms with Crippen LogP contribution in [0, 0.1) is 0 Å². The van der Waals surface area contributed by atoms with Gasteiger partial charge in [0.15, 0.2) is 0 Å². The zero-order chi connectivity index (χ0) is 14.1. The van der Waals surface area contributed by atoms with Gasteiger partial charge in [0.1, 0.15) is 0 Å². The molecule has 0 heterocycles. The van der Waals surface area contributed by atoms with E-state index in [2.05, 4.69) is 12.2 Å². The van der Waals surface area contributed by atoms with Crippen molar-refractivity contribution in [1.29, 1.82) is 0 Å². The lowest BCUT2D eigenvalue weighted by molar-refractivity contribution is 0.131. The first-order valence-electron chi connectivity index (χ1n) is 6.48. The van der Waals surface area contributed by atoms with E-state index in [1.807, 2.05) is 0 Å². The topological polar surface area (TPSA) is 81.4 Å². The first kappa shape index (κ1) is 15.9. The maximum absolute atomic E-state index is 11.1. The molecule has 1 aromatic carbocycles. The molecule has 1 aromatic rings. The van der Waals surface area contributed by atoms with E-state index < -0.39 is 10.0 Å². The van der Waals surface area contributed by atoms with Crippen LogP contribution in [0.4, 0.5) is 5.69 Å². The van der Waals surface area contributed by atoms with Crippen molar-refractivity contribution in [2.24, 2.45) is 5.14 Å². The third-order valence-corrected chi connectivity index (χ3v) is 3.55. The van der Waals surface area contributed by atoms with Crippen molar-refractivity contribution < 1.29 is 13.2 Å². The summed E-state index contributed by atoms with van der Waals surface area (Å²) in [6, 6.07) is 6.40. The largest absolute Gasteiger partial charge is 0.385 e. The first-order valence-corrected chi connectivity index (χ1v) is 8.03. The first-order chi connectivity index (χ1) is 9.04. The van der Waals surface area contributed by atoms with E-state index in [1.165, 1.54) is 12.1 Å². The molecule has 3 N–H and O–H groups in total. The number of nitrogens with one attached hydrogen (secondary N) is 1. The molecule has 0 aliphatic carbocycles. The number of anilines is 1. The number of unbranched alkanes of at least 4 members (excludes halogenated alkanes) is 1. The second-order valence-electron chi connectivity index (χ2n) is 4.32. The number of benzene rings is 1. The molecule has 5 nitrogen and oxygen atoms in total. The summed E-state index contributed by atoms with van der Waals surface area (Å²) < 4.78 is 27.6. The van der Waals surface area contributed by atoms with Crippen LogP contribution in [-0.2, 0) is 14.8 Å². The molecule has 0 unspecified atom stereocenters. The van der Waals surface area contributed by atoms with Gasteiger partial charge >= 0.3 is 0 Å². The van der Waals surface area contributed by atoms with Gasteiger partial charge in [-0.25, -0.2) is 13.6 Å². The number of primary sulfonamides is 1. The molecule has 1 rings (SSSR count). The number of nitrogens with two attached hydrogens (primary N) is 1. The number of hydrogen-bond donors (Lipinski definition) is 2. The highest BCUT2D eigenvalue weighted by molar-refractivity contribution is 7.89. The minimum atomic E-state index is -3.61. The monoisotopic (exact) mass is 286 g/mol. The number of hydrogen-bond acceptors (Lipinski definition) is 4. The van der Waals surface area contributed by atoms with Crippen LogP contribution in [0.15, 0.2) is 29.2 Å². The molecule has 0 aromatic heterocycles. The van der Waals surface area contributed by atoms with E-state index in [-0.39, 0.29) is 4.90 Å². The molecule has 6 heteroatoms. The second-order valence-corrected chi connectivity index (χ2v) is 5.88. The van der Waals surface area contributed by atoms with Gasteiger partial charge in [0.05, 0.1) is 4.90 Å². The van der Waals surface area contributed by atoms with Crippen molar-refractivity contribution in [3.8, 4) is 0 Å². The molecule has 19 heavy (non-hydrogen) atoms. The normalized spacial score (nSPS) is 11.5. The van der Waals surface area contributed by atoms with Crippen molar-refractivity contribution in [3.05, 3.63) is 24.3 Å². The molecule has 0 spiro atoms. The van der Waals surface area contributed by atoms with E-state index in [9.17, 15) is 8.42 Å². The quantitative estimate of drug-likeness (QED) is 0.680. The number of ether oxygens (including phenoxy) is 1. The van der Waals surface area contributed by atoms with Crippen molar-refractivity contribution in [2.75, 3.05) is 25.1 Å². The van der Waals surface area contributed by atoms with Crippen LogP contribution in [0.1, 0.15) is 26.2 Å². The average molecular weight is 286 g/mol. The predicted molar refractivity (Wildman–Crippen MR) is 76.6 cm³/mol. The summed E-state index contributed by atoms with van der Waals surface area (Å²) in [6.45, 7) is 4.48. The fourth-order valence-corrected chi connectivity index (χ4v) is 2.03. The highest BCUT2D eigenvalue weighted by Crippen LogP contribution is 2.12. The SMILES string of the molecule is CCCCOCCCNc1ccc(S(N)(=O)=O)cc1. The molecule has 0 saturated carbocycles. The van der Waals surface area contributed by atoms with Crippen LogP contribution in [0.25, 0.3) is 0 Å². The molecule has 0 aliphatic heterocycles. The Labute approximate surface area is 115 Å². The van der Waals surface area contributed by atoms with Gasteiger partial charge in [-0.15, -0.1) is 0 Å². The van der Waals surface area contributed by atoms with Gasteiger partial charge in [0.25, 0.3) is 0 Å². The smallest absolute Gasteiger partial charge is 0.238 e. The summed E-state index contributed by atoms with van der Waals surface area (Å²) in [5.74, 6) is 0. The Balaban J connectivity index is 2.23. The summed E-state index contributed by atoms with van der Waals surface area (Å²) in [5, 5.41) is 8.22. The van der Waals surface area contributed by atoms with Gasteiger partial charge in [0.2, 0.25) is 10.0 Å². The minimum Gasteiger partial charge on any atom is -0.385 e. The molecule has 0 aliphatic rings. The Kier molecular flexibility index (Phi) is 6.83. The van der Waals surface area contributed by atoms with Crippen molar-refractivity contribution >= 4 is 15.7 Å². The average Bonchev–Trinajstić information content (AvgIpc) is 2.37. The lowest BCUT2D eigenvalue weighted by Gasteiger charge is -2.07. The molecular formula is C13H22N2O3S. The lowest BCUT2D eigenvalue weighted by Crippen LogP contribution is -2.12. The van der Waals surface area contributed by atoms with E-state index in [4.69, 9.17) is 9.88 Å². The Morgan fingerprint density at radius 3 is 2.37 bits per heavy atom. The predicted octanol–water partition coefficient (Wildman–Crippen LogP) is 1.95. The van der Waals surface area contributed by atoms with Gasteiger partial charge < -0.3 is 10.1 Å². The Morgan fingerprint density at radius 1 is 1.16 bits per heavy atom. The lowest BCUT2D eigenvalue weighted by atomic mass is 10.3. The van der Waals surface area contributed by atoms with Gasteiger partial charge in [-0.3, -0.25) is 0 Å². The third kappa shape index (κ3) is 6.56. The molecule has 0 amide bonds. The summed E-state index contributed by atoms with van der Waals surface area (Å²) in [5.41, 5.74) is 0.876. The minimum absolute atomic E-state index is 0.126. The summed E-state index contributed by atoms with van der Waals surface area (Å²) >= 11 is 0. The van der Waals surface area contributed by atoms with E-state index >= 15 is 0 Å². The third-order valence-electron chi connectivity index (χ3n) is 2.62. The van der Waals surface area contributed by atoms with Gasteiger partial charge in [-0.2, -0.15) is 0 Å². The molecule has 0 radical (unpaired) electrons. The summed E-state index contributed by atoms with van der Waals surface area (Å²) in [4.78, 5) is 0.126. The second kappa shape index (κ2) is 8.14. The molecule has 0 saturated heterocycles.